The van der Waals surface area contributed by atoms with E-state index in [2.05, 4.69) is 20.9 Å². The molecule has 2 aromatic heterocycles. The van der Waals surface area contributed by atoms with Crippen molar-refractivity contribution in [3.05, 3.63) is 107 Å². The Kier molecular flexibility index (Phi) is 5.21. The van der Waals surface area contributed by atoms with Crippen LogP contribution in [0.5, 0.6) is 0 Å². The molecule has 8 heteroatoms. The van der Waals surface area contributed by atoms with Crippen molar-refractivity contribution in [1.29, 1.82) is 0 Å². The van der Waals surface area contributed by atoms with Crippen LogP contribution in [0.3, 0.4) is 0 Å². The van der Waals surface area contributed by atoms with Crippen molar-refractivity contribution < 1.29 is 9.59 Å². The van der Waals surface area contributed by atoms with E-state index in [4.69, 9.17) is 0 Å². The number of carbonyl (C=O) groups excluding carboxylic acids is 2. The van der Waals surface area contributed by atoms with Crippen molar-refractivity contribution in [1.82, 2.24) is 25.6 Å². The molecule has 0 aliphatic carbocycles. The van der Waals surface area contributed by atoms with Crippen LogP contribution in [0.25, 0.3) is 16.9 Å². The molecule has 2 amide bonds. The second-order valence-electron chi connectivity index (χ2n) is 6.39. The van der Waals surface area contributed by atoms with Crippen LogP contribution < -0.4 is 16.4 Å². The summed E-state index contributed by atoms with van der Waals surface area (Å²) in [6.07, 6.45) is 2.88. The molecule has 0 atom stereocenters. The molecule has 4 aromatic rings. The second-order valence-corrected chi connectivity index (χ2v) is 6.39. The predicted octanol–water partition coefficient (Wildman–Crippen LogP) is 2.30. The fourth-order valence-corrected chi connectivity index (χ4v) is 2.87. The van der Waals surface area contributed by atoms with Gasteiger partial charge in [0.25, 0.3) is 11.8 Å². The number of aromatic nitrogens is 3. The summed E-state index contributed by atoms with van der Waals surface area (Å²) in [5.74, 6) is -1.08. The average Bonchev–Trinajstić information content (AvgIpc) is 3.25. The number of hydrazine groups is 1. The standard InChI is InChI=1S/C22H17N5O3/c28-19-12-11-16(13-23-19)21(29)24-25-22(30)18-14-27(17-9-5-2-6-10-17)26-20(18)15-7-3-1-4-8-15/h1-14H,(H,23,28)(H,24,29)(H,25,30). The third-order valence-electron chi connectivity index (χ3n) is 4.36. The van der Waals surface area contributed by atoms with Crippen molar-refractivity contribution in [3.8, 4) is 16.9 Å². The molecule has 3 N–H and O–H groups in total. The van der Waals surface area contributed by atoms with Crippen LogP contribution in [-0.2, 0) is 0 Å². The highest BCUT2D eigenvalue weighted by molar-refractivity contribution is 6.02. The van der Waals surface area contributed by atoms with Crippen LogP contribution in [0.4, 0.5) is 0 Å². The first kappa shape index (κ1) is 18.9. The predicted molar refractivity (Wildman–Crippen MR) is 111 cm³/mol. The third kappa shape index (κ3) is 4.02. The molecule has 0 radical (unpaired) electrons. The van der Waals surface area contributed by atoms with Gasteiger partial charge in [-0.05, 0) is 18.2 Å². The zero-order chi connectivity index (χ0) is 20.9. The van der Waals surface area contributed by atoms with Gasteiger partial charge in [-0.25, -0.2) is 4.68 Å². The van der Waals surface area contributed by atoms with E-state index in [1.165, 1.54) is 18.3 Å². The molecular formula is C22H17N5O3. The molecule has 30 heavy (non-hydrogen) atoms. The van der Waals surface area contributed by atoms with Crippen molar-refractivity contribution in [2.45, 2.75) is 0 Å². The molecule has 0 saturated heterocycles. The Morgan fingerprint density at radius 1 is 0.833 bits per heavy atom. The summed E-state index contributed by atoms with van der Waals surface area (Å²) in [5.41, 5.74) is 6.98. The maximum atomic E-state index is 12.8. The van der Waals surface area contributed by atoms with Gasteiger partial charge in [-0.15, -0.1) is 0 Å². The first-order chi connectivity index (χ1) is 14.6. The van der Waals surface area contributed by atoms with E-state index in [0.29, 0.717) is 11.3 Å². The lowest BCUT2D eigenvalue weighted by atomic mass is 10.1. The van der Waals surface area contributed by atoms with Crippen LogP contribution in [0.1, 0.15) is 20.7 Å². The number of aromatic amines is 1. The molecule has 0 saturated carbocycles. The van der Waals surface area contributed by atoms with Crippen LogP contribution in [0, 0.1) is 0 Å². The highest BCUT2D eigenvalue weighted by atomic mass is 16.2. The molecule has 0 spiro atoms. The minimum absolute atomic E-state index is 0.207. The van der Waals surface area contributed by atoms with Gasteiger partial charge in [-0.2, -0.15) is 5.10 Å². The zero-order valence-corrected chi connectivity index (χ0v) is 15.7. The Labute approximate surface area is 171 Å². The molecule has 4 rings (SSSR count). The monoisotopic (exact) mass is 399 g/mol. The number of hydrogen-bond donors (Lipinski definition) is 3. The van der Waals surface area contributed by atoms with Gasteiger partial charge in [0, 0.05) is 24.0 Å². The molecule has 0 aliphatic rings. The minimum Gasteiger partial charge on any atom is -0.328 e. The number of amides is 2. The first-order valence-electron chi connectivity index (χ1n) is 9.12. The van der Waals surface area contributed by atoms with Gasteiger partial charge in [-0.1, -0.05) is 48.5 Å². The highest BCUT2D eigenvalue weighted by Crippen LogP contribution is 2.23. The highest BCUT2D eigenvalue weighted by Gasteiger charge is 2.19. The van der Waals surface area contributed by atoms with E-state index < -0.39 is 11.8 Å². The Morgan fingerprint density at radius 2 is 1.50 bits per heavy atom. The number of para-hydroxylation sites is 1. The first-order valence-corrected chi connectivity index (χ1v) is 9.12. The van der Waals surface area contributed by atoms with Gasteiger partial charge < -0.3 is 4.98 Å². The normalized spacial score (nSPS) is 10.4. The molecule has 0 bridgehead atoms. The number of nitrogens with zero attached hydrogens (tertiary/aromatic N) is 2. The lowest BCUT2D eigenvalue weighted by molar-refractivity contribution is 0.0847. The molecule has 2 aromatic carbocycles. The second kappa shape index (κ2) is 8.27. The minimum atomic E-state index is -0.559. The van der Waals surface area contributed by atoms with Crippen LogP contribution in [-0.4, -0.2) is 26.6 Å². The molecule has 0 unspecified atom stereocenters. The maximum absolute atomic E-state index is 12.8. The Bertz CT molecular complexity index is 1230. The summed E-state index contributed by atoms with van der Waals surface area (Å²) in [4.78, 5) is 38.6. The lowest BCUT2D eigenvalue weighted by Gasteiger charge is -2.07. The van der Waals surface area contributed by atoms with Crippen LogP contribution in [0.15, 0.2) is 90.0 Å². The molecule has 148 valence electrons. The summed E-state index contributed by atoms with van der Waals surface area (Å²) in [6, 6.07) is 21.3. The summed E-state index contributed by atoms with van der Waals surface area (Å²) in [6.45, 7) is 0. The molecule has 0 fully saturated rings. The van der Waals surface area contributed by atoms with Gasteiger partial charge in [-0.3, -0.25) is 25.2 Å². The number of rotatable bonds is 4. The lowest BCUT2D eigenvalue weighted by Crippen LogP contribution is -2.41. The number of nitrogens with one attached hydrogen (secondary N) is 3. The maximum Gasteiger partial charge on any atom is 0.273 e. The largest absolute Gasteiger partial charge is 0.328 e. The average molecular weight is 399 g/mol. The van der Waals surface area contributed by atoms with Gasteiger partial charge in [0.15, 0.2) is 0 Å². The number of benzene rings is 2. The van der Waals surface area contributed by atoms with Crippen molar-refractivity contribution in [2.24, 2.45) is 0 Å². The van der Waals surface area contributed by atoms with E-state index in [1.807, 2.05) is 60.7 Å². The van der Waals surface area contributed by atoms with Crippen molar-refractivity contribution in [3.63, 3.8) is 0 Å². The number of hydrogen-bond acceptors (Lipinski definition) is 4. The quantitative estimate of drug-likeness (QED) is 0.458. The number of H-pyrrole nitrogens is 1. The number of pyridine rings is 1. The topological polar surface area (TPSA) is 109 Å². The van der Waals surface area contributed by atoms with E-state index in [9.17, 15) is 14.4 Å². The van der Waals surface area contributed by atoms with E-state index in [0.717, 1.165) is 11.3 Å². The molecule has 8 nitrogen and oxygen atoms in total. The molecule has 0 aliphatic heterocycles. The summed E-state index contributed by atoms with van der Waals surface area (Å²) in [5, 5.41) is 4.57. The van der Waals surface area contributed by atoms with E-state index in [-0.39, 0.29) is 11.1 Å². The Balaban J connectivity index is 1.61. The third-order valence-corrected chi connectivity index (χ3v) is 4.36. The van der Waals surface area contributed by atoms with Gasteiger partial charge in [0.05, 0.1) is 16.8 Å². The smallest absolute Gasteiger partial charge is 0.273 e. The summed E-state index contributed by atoms with van der Waals surface area (Å²) < 4.78 is 1.61. The summed E-state index contributed by atoms with van der Waals surface area (Å²) in [7, 11) is 0. The van der Waals surface area contributed by atoms with E-state index in [1.54, 1.807) is 10.9 Å². The Morgan fingerprint density at radius 3 is 2.17 bits per heavy atom. The van der Waals surface area contributed by atoms with Gasteiger partial charge in [0.1, 0.15) is 5.69 Å². The summed E-state index contributed by atoms with van der Waals surface area (Å²) >= 11 is 0. The van der Waals surface area contributed by atoms with Gasteiger partial charge in [0.2, 0.25) is 5.56 Å². The SMILES string of the molecule is O=C(NNC(=O)c1cn(-c2ccccc2)nc1-c1ccccc1)c1ccc(=O)[nH]c1. The van der Waals surface area contributed by atoms with Crippen LogP contribution >= 0.6 is 0 Å². The van der Waals surface area contributed by atoms with Crippen molar-refractivity contribution in [2.75, 3.05) is 0 Å². The fourth-order valence-electron chi connectivity index (χ4n) is 2.87. The fraction of sp³-hybridized carbons (Fsp3) is 0. The van der Waals surface area contributed by atoms with Crippen molar-refractivity contribution >= 4 is 11.8 Å². The zero-order valence-electron chi connectivity index (χ0n) is 15.7. The number of carbonyl (C=O) groups is 2. The Hall–Kier alpha value is -4.46. The van der Waals surface area contributed by atoms with E-state index >= 15 is 0 Å². The van der Waals surface area contributed by atoms with Gasteiger partial charge >= 0.3 is 0 Å². The van der Waals surface area contributed by atoms with Crippen LogP contribution in [0.2, 0.25) is 0 Å². The molecule has 2 heterocycles. The molecular weight excluding hydrogens is 382 g/mol.